The van der Waals surface area contributed by atoms with E-state index in [9.17, 15) is 9.59 Å². The molecular formula is C12H20N2O4. The summed E-state index contributed by atoms with van der Waals surface area (Å²) in [7, 11) is 0. The lowest BCUT2D eigenvalue weighted by Gasteiger charge is -2.38. The third-order valence-corrected chi connectivity index (χ3v) is 3.47. The second kappa shape index (κ2) is 5.14. The second-order valence-electron chi connectivity index (χ2n) is 5.13. The number of amides is 2. The van der Waals surface area contributed by atoms with Crippen molar-refractivity contribution in [3.05, 3.63) is 0 Å². The fraction of sp³-hybridized carbons (Fsp3) is 0.833. The molecule has 2 aliphatic rings. The SMILES string of the molecule is C[C@@H]1CN(C(=O)N2CCCC2C(=O)O)C[C@H](C)O1. The number of hydrogen-bond donors (Lipinski definition) is 1. The van der Waals surface area contributed by atoms with Crippen molar-refractivity contribution in [2.75, 3.05) is 19.6 Å². The Morgan fingerprint density at radius 2 is 1.83 bits per heavy atom. The van der Waals surface area contributed by atoms with Crippen LogP contribution in [-0.4, -0.2) is 64.8 Å². The van der Waals surface area contributed by atoms with Crippen LogP contribution in [0.3, 0.4) is 0 Å². The average molecular weight is 256 g/mol. The molecule has 6 heteroatoms. The average Bonchev–Trinajstić information content (AvgIpc) is 2.75. The van der Waals surface area contributed by atoms with Gasteiger partial charge in [0.2, 0.25) is 0 Å². The lowest BCUT2D eigenvalue weighted by Crippen LogP contribution is -2.54. The van der Waals surface area contributed by atoms with Crippen LogP contribution in [0.25, 0.3) is 0 Å². The van der Waals surface area contributed by atoms with Crippen LogP contribution >= 0.6 is 0 Å². The topological polar surface area (TPSA) is 70.1 Å². The molecule has 0 spiro atoms. The Balaban J connectivity index is 2.04. The monoisotopic (exact) mass is 256 g/mol. The zero-order chi connectivity index (χ0) is 13.3. The van der Waals surface area contributed by atoms with Gasteiger partial charge in [0.05, 0.1) is 12.2 Å². The van der Waals surface area contributed by atoms with E-state index in [2.05, 4.69) is 0 Å². The normalized spacial score (nSPS) is 32.7. The third kappa shape index (κ3) is 2.58. The Labute approximate surface area is 106 Å². The Kier molecular flexibility index (Phi) is 3.75. The van der Waals surface area contributed by atoms with Gasteiger partial charge in [-0.15, -0.1) is 0 Å². The minimum Gasteiger partial charge on any atom is -0.480 e. The smallest absolute Gasteiger partial charge is 0.326 e. The Hall–Kier alpha value is -1.30. The molecule has 3 atom stereocenters. The van der Waals surface area contributed by atoms with E-state index in [1.54, 1.807) is 4.90 Å². The summed E-state index contributed by atoms with van der Waals surface area (Å²) in [5.41, 5.74) is 0. The number of aliphatic carboxylic acids is 1. The van der Waals surface area contributed by atoms with Gasteiger partial charge in [0.15, 0.2) is 0 Å². The molecule has 0 saturated carbocycles. The van der Waals surface area contributed by atoms with Crippen molar-refractivity contribution in [2.24, 2.45) is 0 Å². The highest BCUT2D eigenvalue weighted by Crippen LogP contribution is 2.21. The van der Waals surface area contributed by atoms with Crippen molar-refractivity contribution in [3.63, 3.8) is 0 Å². The van der Waals surface area contributed by atoms with E-state index in [1.165, 1.54) is 4.90 Å². The molecule has 0 aromatic heterocycles. The zero-order valence-electron chi connectivity index (χ0n) is 10.8. The molecular weight excluding hydrogens is 236 g/mol. The Morgan fingerprint density at radius 1 is 1.22 bits per heavy atom. The first-order valence-corrected chi connectivity index (χ1v) is 6.43. The quantitative estimate of drug-likeness (QED) is 0.752. The zero-order valence-corrected chi connectivity index (χ0v) is 10.8. The van der Waals surface area contributed by atoms with Gasteiger partial charge >= 0.3 is 12.0 Å². The molecule has 1 N–H and O–H groups in total. The van der Waals surface area contributed by atoms with Gasteiger partial charge in [-0.2, -0.15) is 0 Å². The van der Waals surface area contributed by atoms with Crippen molar-refractivity contribution in [1.29, 1.82) is 0 Å². The van der Waals surface area contributed by atoms with Gasteiger partial charge in [0, 0.05) is 19.6 Å². The van der Waals surface area contributed by atoms with Crippen molar-refractivity contribution in [1.82, 2.24) is 9.80 Å². The van der Waals surface area contributed by atoms with E-state index >= 15 is 0 Å². The number of ether oxygens (including phenoxy) is 1. The van der Waals surface area contributed by atoms with Crippen molar-refractivity contribution in [3.8, 4) is 0 Å². The van der Waals surface area contributed by atoms with Crippen molar-refractivity contribution in [2.45, 2.75) is 44.9 Å². The number of carbonyl (C=O) groups is 2. The summed E-state index contributed by atoms with van der Waals surface area (Å²) in [6.07, 6.45) is 1.32. The largest absolute Gasteiger partial charge is 0.480 e. The summed E-state index contributed by atoms with van der Waals surface area (Å²) in [5, 5.41) is 9.10. The first-order chi connectivity index (χ1) is 8.49. The fourth-order valence-electron chi connectivity index (χ4n) is 2.77. The molecule has 102 valence electrons. The van der Waals surface area contributed by atoms with Crippen molar-refractivity contribution < 1.29 is 19.4 Å². The van der Waals surface area contributed by atoms with E-state index in [0.29, 0.717) is 26.1 Å². The summed E-state index contributed by atoms with van der Waals surface area (Å²) in [6.45, 7) is 5.46. The highest BCUT2D eigenvalue weighted by Gasteiger charge is 2.38. The molecule has 0 bridgehead atoms. The van der Waals surface area contributed by atoms with E-state index in [-0.39, 0.29) is 18.2 Å². The van der Waals surface area contributed by atoms with Crippen LogP contribution in [0.15, 0.2) is 0 Å². The molecule has 2 heterocycles. The molecule has 0 aromatic rings. The lowest BCUT2D eigenvalue weighted by atomic mass is 10.2. The van der Waals surface area contributed by atoms with Crippen LogP contribution in [-0.2, 0) is 9.53 Å². The van der Waals surface area contributed by atoms with Crippen LogP contribution in [0.5, 0.6) is 0 Å². The standard InChI is InChI=1S/C12H20N2O4/c1-8-6-13(7-9(2)18-8)12(17)14-5-3-4-10(14)11(15)16/h8-10H,3-7H2,1-2H3,(H,15,16)/t8-,9+,10?. The summed E-state index contributed by atoms with van der Waals surface area (Å²) in [6, 6.07) is -0.826. The van der Waals surface area contributed by atoms with Crippen LogP contribution in [0, 0.1) is 0 Å². The summed E-state index contributed by atoms with van der Waals surface area (Å²) in [5.74, 6) is -0.907. The summed E-state index contributed by atoms with van der Waals surface area (Å²) in [4.78, 5) is 26.6. The Morgan fingerprint density at radius 3 is 2.39 bits per heavy atom. The van der Waals surface area contributed by atoms with Crippen molar-refractivity contribution >= 4 is 12.0 Å². The number of urea groups is 1. The highest BCUT2D eigenvalue weighted by atomic mass is 16.5. The van der Waals surface area contributed by atoms with Gasteiger partial charge in [-0.05, 0) is 26.7 Å². The maximum atomic E-state index is 12.3. The maximum Gasteiger partial charge on any atom is 0.326 e. The molecule has 0 aliphatic carbocycles. The van der Waals surface area contributed by atoms with E-state index < -0.39 is 12.0 Å². The number of carboxylic acids is 1. The molecule has 2 amide bonds. The van der Waals surface area contributed by atoms with E-state index in [0.717, 1.165) is 6.42 Å². The van der Waals surface area contributed by atoms with Crippen LogP contribution in [0.4, 0.5) is 4.79 Å². The first kappa shape index (κ1) is 13.1. The van der Waals surface area contributed by atoms with E-state index in [4.69, 9.17) is 9.84 Å². The molecule has 0 radical (unpaired) electrons. The first-order valence-electron chi connectivity index (χ1n) is 6.43. The highest BCUT2D eigenvalue weighted by molar-refractivity contribution is 5.83. The number of nitrogens with zero attached hydrogens (tertiary/aromatic N) is 2. The number of carbonyl (C=O) groups excluding carboxylic acids is 1. The van der Waals surface area contributed by atoms with Crippen LogP contribution in [0.1, 0.15) is 26.7 Å². The van der Waals surface area contributed by atoms with E-state index in [1.807, 2.05) is 13.8 Å². The number of carboxylic acid groups (broad SMARTS) is 1. The van der Waals surface area contributed by atoms with Gasteiger partial charge in [0.1, 0.15) is 6.04 Å². The number of rotatable bonds is 1. The summed E-state index contributed by atoms with van der Waals surface area (Å²) < 4.78 is 5.57. The fourth-order valence-corrected chi connectivity index (χ4v) is 2.77. The molecule has 2 saturated heterocycles. The molecule has 6 nitrogen and oxygen atoms in total. The Bertz CT molecular complexity index is 337. The minimum atomic E-state index is -0.907. The van der Waals surface area contributed by atoms with Gasteiger partial charge < -0.3 is 19.6 Å². The maximum absolute atomic E-state index is 12.3. The molecule has 0 aromatic carbocycles. The number of hydrogen-bond acceptors (Lipinski definition) is 3. The minimum absolute atomic E-state index is 0.00332. The van der Waals surface area contributed by atoms with Gasteiger partial charge in [-0.3, -0.25) is 0 Å². The summed E-state index contributed by atoms with van der Waals surface area (Å²) >= 11 is 0. The number of morpholine rings is 1. The van der Waals surface area contributed by atoms with Gasteiger partial charge in [-0.1, -0.05) is 0 Å². The molecule has 2 aliphatic heterocycles. The van der Waals surface area contributed by atoms with Crippen LogP contribution in [0.2, 0.25) is 0 Å². The predicted octanol–water partition coefficient (Wildman–Crippen LogP) is 0.765. The molecule has 18 heavy (non-hydrogen) atoms. The van der Waals surface area contributed by atoms with Gasteiger partial charge in [0.25, 0.3) is 0 Å². The van der Waals surface area contributed by atoms with Crippen LogP contribution < -0.4 is 0 Å². The number of likely N-dealkylation sites (tertiary alicyclic amines) is 1. The molecule has 2 fully saturated rings. The van der Waals surface area contributed by atoms with Gasteiger partial charge in [-0.25, -0.2) is 9.59 Å². The molecule has 1 unspecified atom stereocenters. The lowest BCUT2D eigenvalue weighted by molar-refractivity contribution is -0.141. The second-order valence-corrected chi connectivity index (χ2v) is 5.13. The molecule has 2 rings (SSSR count). The third-order valence-electron chi connectivity index (χ3n) is 3.47. The predicted molar refractivity (Wildman–Crippen MR) is 64.3 cm³/mol.